The van der Waals surface area contributed by atoms with Gasteiger partial charge in [-0.3, -0.25) is 4.68 Å². The lowest BCUT2D eigenvalue weighted by Crippen LogP contribution is -2.48. The van der Waals surface area contributed by atoms with Gasteiger partial charge in [-0.15, -0.1) is 0 Å². The Labute approximate surface area is 104 Å². The van der Waals surface area contributed by atoms with Crippen molar-refractivity contribution in [1.29, 1.82) is 0 Å². The van der Waals surface area contributed by atoms with Crippen molar-refractivity contribution in [2.75, 3.05) is 18.0 Å². The number of aromatic nitrogens is 2. The Hall–Kier alpha value is -1.03. The highest BCUT2D eigenvalue weighted by atomic mass is 15.3. The molecule has 17 heavy (non-hydrogen) atoms. The van der Waals surface area contributed by atoms with Crippen LogP contribution in [-0.4, -0.2) is 35.0 Å². The summed E-state index contributed by atoms with van der Waals surface area (Å²) in [6.45, 7) is 9.71. The van der Waals surface area contributed by atoms with E-state index < -0.39 is 0 Å². The average molecular weight is 236 g/mol. The Morgan fingerprint density at radius 3 is 3.00 bits per heavy atom. The van der Waals surface area contributed by atoms with Crippen LogP contribution in [0.2, 0.25) is 0 Å². The van der Waals surface area contributed by atoms with Gasteiger partial charge in [0, 0.05) is 44.0 Å². The summed E-state index contributed by atoms with van der Waals surface area (Å²) in [6, 6.07) is 3.30. The van der Waals surface area contributed by atoms with Crippen LogP contribution in [0.5, 0.6) is 0 Å². The highest BCUT2D eigenvalue weighted by Gasteiger charge is 2.21. The molecule has 0 spiro atoms. The Morgan fingerprint density at radius 1 is 1.53 bits per heavy atom. The van der Waals surface area contributed by atoms with Crippen LogP contribution in [0.1, 0.15) is 33.6 Å². The lowest BCUT2D eigenvalue weighted by Gasteiger charge is -2.34. The van der Waals surface area contributed by atoms with Gasteiger partial charge in [-0.05, 0) is 19.8 Å². The molecule has 1 aliphatic heterocycles. The first-order valence-corrected chi connectivity index (χ1v) is 6.73. The third-order valence-electron chi connectivity index (χ3n) is 3.27. The predicted octanol–water partition coefficient (Wildman–Crippen LogP) is 1.87. The molecular weight excluding hydrogens is 212 g/mol. The number of aryl methyl sites for hydroxylation is 1. The Balaban J connectivity index is 1.96. The predicted molar refractivity (Wildman–Crippen MR) is 71.4 cm³/mol. The molecule has 1 aliphatic rings. The molecule has 96 valence electrons. The van der Waals surface area contributed by atoms with Crippen molar-refractivity contribution in [2.45, 2.75) is 52.2 Å². The van der Waals surface area contributed by atoms with E-state index in [-0.39, 0.29) is 0 Å². The van der Waals surface area contributed by atoms with Crippen molar-refractivity contribution in [3.8, 4) is 0 Å². The van der Waals surface area contributed by atoms with Crippen molar-refractivity contribution < 1.29 is 0 Å². The van der Waals surface area contributed by atoms with Crippen LogP contribution in [0.15, 0.2) is 12.3 Å². The van der Waals surface area contributed by atoms with Gasteiger partial charge in [0.2, 0.25) is 0 Å². The van der Waals surface area contributed by atoms with E-state index in [4.69, 9.17) is 0 Å². The average Bonchev–Trinajstić information content (AvgIpc) is 2.77. The minimum Gasteiger partial charge on any atom is -0.354 e. The van der Waals surface area contributed by atoms with Gasteiger partial charge in [-0.1, -0.05) is 13.8 Å². The highest BCUT2D eigenvalue weighted by Crippen LogP contribution is 2.18. The van der Waals surface area contributed by atoms with Gasteiger partial charge < -0.3 is 10.2 Å². The Kier molecular flexibility index (Phi) is 4.05. The molecular formula is C13H24N4. The Morgan fingerprint density at radius 2 is 2.35 bits per heavy atom. The number of anilines is 1. The van der Waals surface area contributed by atoms with Crippen molar-refractivity contribution >= 4 is 5.82 Å². The van der Waals surface area contributed by atoms with E-state index >= 15 is 0 Å². The van der Waals surface area contributed by atoms with E-state index in [1.165, 1.54) is 12.8 Å². The normalized spacial score (nSPS) is 21.2. The molecule has 0 bridgehead atoms. The van der Waals surface area contributed by atoms with Crippen LogP contribution in [-0.2, 0) is 6.54 Å². The van der Waals surface area contributed by atoms with E-state index in [9.17, 15) is 0 Å². The molecule has 4 nitrogen and oxygen atoms in total. The summed E-state index contributed by atoms with van der Waals surface area (Å²) in [5.41, 5.74) is 0. The molecule has 1 unspecified atom stereocenters. The van der Waals surface area contributed by atoms with Crippen LogP contribution in [0.25, 0.3) is 0 Å². The first-order chi connectivity index (χ1) is 8.19. The number of piperidine rings is 1. The number of nitrogens with zero attached hydrogens (tertiary/aromatic N) is 3. The fourth-order valence-electron chi connectivity index (χ4n) is 2.49. The van der Waals surface area contributed by atoms with Gasteiger partial charge in [0.05, 0.1) is 0 Å². The SMILES string of the molecule is CCn1ccc(N2CCCC(NC(C)C)C2)n1. The fourth-order valence-corrected chi connectivity index (χ4v) is 2.49. The summed E-state index contributed by atoms with van der Waals surface area (Å²) < 4.78 is 1.99. The van der Waals surface area contributed by atoms with Gasteiger partial charge in [0.1, 0.15) is 0 Å². The molecule has 2 heterocycles. The first-order valence-electron chi connectivity index (χ1n) is 6.73. The molecule has 4 heteroatoms. The lowest BCUT2D eigenvalue weighted by atomic mass is 10.1. The zero-order valence-electron chi connectivity index (χ0n) is 11.2. The van der Waals surface area contributed by atoms with Crippen molar-refractivity contribution in [3.63, 3.8) is 0 Å². The summed E-state index contributed by atoms with van der Waals surface area (Å²) in [7, 11) is 0. The van der Waals surface area contributed by atoms with Crippen LogP contribution in [0.3, 0.4) is 0 Å². The zero-order chi connectivity index (χ0) is 12.3. The standard InChI is InChI=1S/C13H24N4/c1-4-17-9-7-13(15-17)16-8-5-6-12(10-16)14-11(2)3/h7,9,11-12,14H,4-6,8,10H2,1-3H3. The maximum Gasteiger partial charge on any atom is 0.150 e. The molecule has 1 aromatic heterocycles. The van der Waals surface area contributed by atoms with E-state index in [1.807, 2.05) is 4.68 Å². The molecule has 1 aromatic rings. The summed E-state index contributed by atoms with van der Waals surface area (Å²) in [5.74, 6) is 1.13. The number of nitrogens with one attached hydrogen (secondary N) is 1. The van der Waals surface area contributed by atoms with Crippen molar-refractivity contribution in [2.24, 2.45) is 0 Å². The molecule has 0 saturated carbocycles. The lowest BCUT2D eigenvalue weighted by molar-refractivity contribution is 0.393. The monoisotopic (exact) mass is 236 g/mol. The smallest absolute Gasteiger partial charge is 0.150 e. The van der Waals surface area contributed by atoms with E-state index in [1.54, 1.807) is 0 Å². The minimum absolute atomic E-state index is 0.563. The molecule has 0 aliphatic carbocycles. The van der Waals surface area contributed by atoms with E-state index in [0.29, 0.717) is 12.1 Å². The summed E-state index contributed by atoms with van der Waals surface area (Å²) in [5, 5.41) is 8.21. The largest absolute Gasteiger partial charge is 0.354 e. The van der Waals surface area contributed by atoms with Gasteiger partial charge in [-0.25, -0.2) is 0 Å². The van der Waals surface area contributed by atoms with Crippen LogP contribution in [0.4, 0.5) is 5.82 Å². The first kappa shape index (κ1) is 12.4. The number of rotatable bonds is 4. The third-order valence-corrected chi connectivity index (χ3v) is 3.27. The van der Waals surface area contributed by atoms with E-state index in [2.05, 4.69) is 48.3 Å². The van der Waals surface area contributed by atoms with E-state index in [0.717, 1.165) is 25.5 Å². The van der Waals surface area contributed by atoms with Crippen molar-refractivity contribution in [1.82, 2.24) is 15.1 Å². The van der Waals surface area contributed by atoms with Crippen LogP contribution < -0.4 is 10.2 Å². The van der Waals surface area contributed by atoms with Gasteiger partial charge >= 0.3 is 0 Å². The molecule has 2 rings (SSSR count). The topological polar surface area (TPSA) is 33.1 Å². The molecule has 0 radical (unpaired) electrons. The number of hydrogen-bond donors (Lipinski definition) is 1. The van der Waals surface area contributed by atoms with Crippen molar-refractivity contribution in [3.05, 3.63) is 12.3 Å². The summed E-state index contributed by atoms with van der Waals surface area (Å²) >= 11 is 0. The van der Waals surface area contributed by atoms with Crippen LogP contribution >= 0.6 is 0 Å². The second-order valence-corrected chi connectivity index (χ2v) is 5.14. The maximum absolute atomic E-state index is 4.58. The highest BCUT2D eigenvalue weighted by molar-refractivity contribution is 5.37. The second kappa shape index (κ2) is 5.54. The molecule has 1 N–H and O–H groups in total. The molecule has 1 atom stereocenters. The maximum atomic E-state index is 4.58. The summed E-state index contributed by atoms with van der Waals surface area (Å²) in [4.78, 5) is 2.40. The van der Waals surface area contributed by atoms with Gasteiger partial charge in [0.25, 0.3) is 0 Å². The molecule has 1 fully saturated rings. The van der Waals surface area contributed by atoms with Gasteiger partial charge in [-0.2, -0.15) is 5.10 Å². The molecule has 0 amide bonds. The molecule has 1 saturated heterocycles. The molecule has 0 aromatic carbocycles. The minimum atomic E-state index is 0.563. The summed E-state index contributed by atoms with van der Waals surface area (Å²) in [6.07, 6.45) is 4.60. The third kappa shape index (κ3) is 3.22. The Bertz CT molecular complexity index is 345. The number of hydrogen-bond acceptors (Lipinski definition) is 3. The zero-order valence-corrected chi connectivity index (χ0v) is 11.2. The second-order valence-electron chi connectivity index (χ2n) is 5.14. The van der Waals surface area contributed by atoms with Crippen LogP contribution in [0, 0.1) is 0 Å². The quantitative estimate of drug-likeness (QED) is 0.866. The van der Waals surface area contributed by atoms with Gasteiger partial charge in [0.15, 0.2) is 5.82 Å². The fraction of sp³-hybridized carbons (Fsp3) is 0.769.